The molecule has 84 valence electrons. The number of aromatic nitrogens is 4. The number of nitrogens with zero attached hydrogens (tertiary/aromatic N) is 4. The van der Waals surface area contributed by atoms with Gasteiger partial charge < -0.3 is 9.30 Å². The molecule has 6 heteroatoms. The van der Waals surface area contributed by atoms with Crippen molar-refractivity contribution in [3.8, 4) is 0 Å². The molecule has 2 aromatic heterocycles. The van der Waals surface area contributed by atoms with Crippen LogP contribution in [0.1, 0.15) is 18.3 Å². The largest absolute Gasteiger partial charge is 0.379 e. The minimum absolute atomic E-state index is 0.316. The lowest BCUT2D eigenvalue weighted by molar-refractivity contribution is 0.186. The maximum absolute atomic E-state index is 5.99. The Kier molecular flexibility index (Phi) is 2.29. The standard InChI is InChI=1S/C10H11ClN4O/c1-6-14-8-9(11)12-5-13-10(8)15(6)7-2-3-16-4-7/h5,7H,2-4H2,1H3. The zero-order valence-corrected chi connectivity index (χ0v) is 9.61. The van der Waals surface area contributed by atoms with Gasteiger partial charge in [-0.3, -0.25) is 0 Å². The highest BCUT2D eigenvalue weighted by Gasteiger charge is 2.23. The molecule has 0 N–H and O–H groups in total. The van der Waals surface area contributed by atoms with Crippen molar-refractivity contribution >= 4 is 22.8 Å². The highest BCUT2D eigenvalue weighted by Crippen LogP contribution is 2.27. The van der Waals surface area contributed by atoms with E-state index >= 15 is 0 Å². The van der Waals surface area contributed by atoms with E-state index in [-0.39, 0.29) is 0 Å². The molecule has 0 aromatic carbocycles. The summed E-state index contributed by atoms with van der Waals surface area (Å²) in [5.74, 6) is 0.910. The van der Waals surface area contributed by atoms with E-state index in [2.05, 4.69) is 19.5 Å². The van der Waals surface area contributed by atoms with Gasteiger partial charge in [-0.2, -0.15) is 0 Å². The van der Waals surface area contributed by atoms with Gasteiger partial charge in [0.1, 0.15) is 17.7 Å². The molecule has 0 amide bonds. The molecule has 0 saturated carbocycles. The quantitative estimate of drug-likeness (QED) is 0.711. The first-order valence-corrected chi connectivity index (χ1v) is 5.58. The van der Waals surface area contributed by atoms with Gasteiger partial charge in [0.2, 0.25) is 0 Å². The van der Waals surface area contributed by atoms with Gasteiger partial charge in [-0.05, 0) is 13.3 Å². The average molecular weight is 239 g/mol. The van der Waals surface area contributed by atoms with Gasteiger partial charge >= 0.3 is 0 Å². The third kappa shape index (κ3) is 1.39. The lowest BCUT2D eigenvalue weighted by Gasteiger charge is -2.11. The molecule has 3 heterocycles. The van der Waals surface area contributed by atoms with Crippen LogP contribution in [0.3, 0.4) is 0 Å². The zero-order chi connectivity index (χ0) is 11.1. The summed E-state index contributed by atoms with van der Waals surface area (Å²) in [6.07, 6.45) is 2.46. The Balaban J connectivity index is 2.22. The number of fused-ring (bicyclic) bond motifs is 1. The lowest BCUT2D eigenvalue weighted by Crippen LogP contribution is -2.10. The number of aryl methyl sites for hydroxylation is 1. The zero-order valence-electron chi connectivity index (χ0n) is 8.85. The molecule has 5 nitrogen and oxygen atoms in total. The van der Waals surface area contributed by atoms with Crippen molar-refractivity contribution in [3.63, 3.8) is 0 Å². The van der Waals surface area contributed by atoms with Gasteiger partial charge in [0.05, 0.1) is 12.6 Å². The SMILES string of the molecule is Cc1nc2c(Cl)ncnc2n1C1CCOC1. The summed E-state index contributed by atoms with van der Waals surface area (Å²) in [6.45, 7) is 3.47. The second kappa shape index (κ2) is 3.68. The Morgan fingerprint density at radius 1 is 1.50 bits per heavy atom. The van der Waals surface area contributed by atoms with Crippen LogP contribution in [0.25, 0.3) is 11.2 Å². The molecule has 1 unspecified atom stereocenters. The molecule has 2 aromatic rings. The highest BCUT2D eigenvalue weighted by molar-refractivity contribution is 6.33. The van der Waals surface area contributed by atoms with Crippen LogP contribution in [0.15, 0.2) is 6.33 Å². The molecule has 1 aliphatic rings. The van der Waals surface area contributed by atoms with E-state index in [1.165, 1.54) is 6.33 Å². The minimum Gasteiger partial charge on any atom is -0.379 e. The van der Waals surface area contributed by atoms with Crippen molar-refractivity contribution in [1.29, 1.82) is 0 Å². The van der Waals surface area contributed by atoms with Crippen LogP contribution in [0.2, 0.25) is 5.15 Å². The van der Waals surface area contributed by atoms with Gasteiger partial charge in [0, 0.05) is 6.61 Å². The third-order valence-electron chi connectivity index (χ3n) is 2.88. The number of rotatable bonds is 1. The first-order valence-electron chi connectivity index (χ1n) is 5.20. The Hall–Kier alpha value is -1.20. The topological polar surface area (TPSA) is 52.8 Å². The fraction of sp³-hybridized carbons (Fsp3) is 0.500. The Morgan fingerprint density at radius 3 is 3.12 bits per heavy atom. The van der Waals surface area contributed by atoms with Crippen molar-refractivity contribution in [2.45, 2.75) is 19.4 Å². The summed E-state index contributed by atoms with van der Waals surface area (Å²) in [6, 6.07) is 0.316. The fourth-order valence-electron chi connectivity index (χ4n) is 2.15. The van der Waals surface area contributed by atoms with Crippen molar-refractivity contribution in [2.75, 3.05) is 13.2 Å². The molecule has 0 spiro atoms. The number of imidazole rings is 1. The normalized spacial score (nSPS) is 20.8. The van der Waals surface area contributed by atoms with Crippen molar-refractivity contribution < 1.29 is 4.74 Å². The maximum atomic E-state index is 5.99. The Labute approximate surface area is 97.4 Å². The minimum atomic E-state index is 0.316. The average Bonchev–Trinajstić information content (AvgIpc) is 2.85. The van der Waals surface area contributed by atoms with E-state index in [4.69, 9.17) is 16.3 Å². The molecular formula is C10H11ClN4O. The molecule has 1 saturated heterocycles. The van der Waals surface area contributed by atoms with Crippen LogP contribution in [-0.2, 0) is 4.74 Å². The van der Waals surface area contributed by atoms with Crippen LogP contribution in [0.5, 0.6) is 0 Å². The number of ether oxygens (including phenoxy) is 1. The summed E-state index contributed by atoms with van der Waals surface area (Å²) >= 11 is 5.99. The lowest BCUT2D eigenvalue weighted by atomic mass is 10.2. The number of halogens is 1. The monoisotopic (exact) mass is 238 g/mol. The van der Waals surface area contributed by atoms with Gasteiger partial charge in [-0.1, -0.05) is 11.6 Å². The van der Waals surface area contributed by atoms with Gasteiger partial charge in [0.15, 0.2) is 10.8 Å². The highest BCUT2D eigenvalue weighted by atomic mass is 35.5. The molecule has 16 heavy (non-hydrogen) atoms. The summed E-state index contributed by atoms with van der Waals surface area (Å²) in [5, 5.41) is 0.408. The van der Waals surface area contributed by atoms with E-state index in [0.29, 0.717) is 23.3 Å². The smallest absolute Gasteiger partial charge is 0.165 e. The third-order valence-corrected chi connectivity index (χ3v) is 3.16. The second-order valence-corrected chi connectivity index (χ2v) is 4.24. The van der Waals surface area contributed by atoms with Crippen molar-refractivity contribution in [1.82, 2.24) is 19.5 Å². The Morgan fingerprint density at radius 2 is 2.38 bits per heavy atom. The summed E-state index contributed by atoms with van der Waals surface area (Å²) in [7, 11) is 0. The van der Waals surface area contributed by atoms with E-state index in [0.717, 1.165) is 24.5 Å². The van der Waals surface area contributed by atoms with E-state index in [1.807, 2.05) is 6.92 Å². The van der Waals surface area contributed by atoms with E-state index in [1.54, 1.807) is 0 Å². The molecule has 1 aliphatic heterocycles. The van der Waals surface area contributed by atoms with Gasteiger partial charge in [0.25, 0.3) is 0 Å². The van der Waals surface area contributed by atoms with Crippen molar-refractivity contribution in [3.05, 3.63) is 17.3 Å². The van der Waals surface area contributed by atoms with Gasteiger partial charge in [-0.25, -0.2) is 15.0 Å². The molecular weight excluding hydrogens is 228 g/mol. The molecule has 1 atom stereocenters. The van der Waals surface area contributed by atoms with Crippen LogP contribution < -0.4 is 0 Å². The second-order valence-electron chi connectivity index (χ2n) is 3.88. The number of hydrogen-bond donors (Lipinski definition) is 0. The van der Waals surface area contributed by atoms with E-state index < -0.39 is 0 Å². The fourth-order valence-corrected chi connectivity index (χ4v) is 2.32. The first kappa shape index (κ1) is 9.99. The molecule has 1 fully saturated rings. The first-order chi connectivity index (χ1) is 7.77. The molecule has 3 rings (SSSR count). The summed E-state index contributed by atoms with van der Waals surface area (Å²) in [4.78, 5) is 12.6. The number of hydrogen-bond acceptors (Lipinski definition) is 4. The Bertz CT molecular complexity index is 533. The predicted octanol–water partition coefficient (Wildman–Crippen LogP) is 1.75. The molecule has 0 bridgehead atoms. The van der Waals surface area contributed by atoms with Crippen molar-refractivity contribution in [2.24, 2.45) is 0 Å². The van der Waals surface area contributed by atoms with Crippen LogP contribution in [0.4, 0.5) is 0 Å². The maximum Gasteiger partial charge on any atom is 0.165 e. The summed E-state index contributed by atoms with van der Waals surface area (Å²) in [5.41, 5.74) is 1.47. The summed E-state index contributed by atoms with van der Waals surface area (Å²) < 4.78 is 7.48. The van der Waals surface area contributed by atoms with Crippen LogP contribution in [0, 0.1) is 6.92 Å². The van der Waals surface area contributed by atoms with Gasteiger partial charge in [-0.15, -0.1) is 0 Å². The van der Waals surface area contributed by atoms with Crippen LogP contribution in [-0.4, -0.2) is 32.7 Å². The van der Waals surface area contributed by atoms with E-state index in [9.17, 15) is 0 Å². The predicted molar refractivity (Wildman–Crippen MR) is 59.5 cm³/mol. The molecule has 0 radical (unpaired) electrons. The van der Waals surface area contributed by atoms with Crippen LogP contribution >= 0.6 is 11.6 Å². The molecule has 0 aliphatic carbocycles.